The van der Waals surface area contributed by atoms with Crippen molar-refractivity contribution in [1.82, 2.24) is 25.2 Å². The molecular formula is C27H32FN5O4. The Bertz CT molecular complexity index is 1360. The van der Waals surface area contributed by atoms with Gasteiger partial charge in [0.25, 0.3) is 11.8 Å². The summed E-state index contributed by atoms with van der Waals surface area (Å²) in [7, 11) is 0. The maximum Gasteiger partial charge on any atom is 0.255 e. The van der Waals surface area contributed by atoms with Crippen LogP contribution in [-0.4, -0.2) is 68.6 Å². The molecule has 1 saturated carbocycles. The van der Waals surface area contributed by atoms with Gasteiger partial charge in [0.15, 0.2) is 0 Å². The molecule has 2 aliphatic rings. The molecule has 2 atom stereocenters. The van der Waals surface area contributed by atoms with Gasteiger partial charge in [0.05, 0.1) is 23.7 Å². The molecule has 3 heterocycles. The summed E-state index contributed by atoms with van der Waals surface area (Å²) in [5.74, 6) is -0.0516. The molecule has 2 aromatic heterocycles. The number of nitrogens with zero attached hydrogens (tertiary/aromatic N) is 3. The second-order valence-electron chi connectivity index (χ2n) is 10.9. The molecule has 5 rings (SSSR count). The van der Waals surface area contributed by atoms with Crippen molar-refractivity contribution in [3.8, 4) is 17.0 Å². The summed E-state index contributed by atoms with van der Waals surface area (Å²) in [6.07, 6.45) is 2.52. The Morgan fingerprint density at radius 3 is 2.78 bits per heavy atom. The third kappa shape index (κ3) is 4.90. The highest BCUT2D eigenvalue weighted by atomic mass is 19.1. The molecule has 9 nitrogen and oxygen atoms in total. The van der Waals surface area contributed by atoms with E-state index in [9.17, 15) is 19.1 Å². The number of hydrogen-bond acceptors (Lipinski definition) is 6. The predicted octanol–water partition coefficient (Wildman–Crippen LogP) is 3.21. The molecule has 196 valence electrons. The van der Waals surface area contributed by atoms with Crippen LogP contribution in [0.1, 0.15) is 49.7 Å². The van der Waals surface area contributed by atoms with Gasteiger partial charge in [0, 0.05) is 29.8 Å². The minimum atomic E-state index is -1.10. The van der Waals surface area contributed by atoms with Crippen LogP contribution in [0.15, 0.2) is 24.5 Å². The zero-order chi connectivity index (χ0) is 26.5. The van der Waals surface area contributed by atoms with Crippen LogP contribution in [0, 0.1) is 24.1 Å². The van der Waals surface area contributed by atoms with Crippen molar-refractivity contribution in [2.24, 2.45) is 11.3 Å². The van der Waals surface area contributed by atoms with Crippen LogP contribution in [0.2, 0.25) is 0 Å². The summed E-state index contributed by atoms with van der Waals surface area (Å²) in [6.45, 7) is 8.45. The number of halogens is 1. The normalized spacial score (nSPS) is 19.7. The summed E-state index contributed by atoms with van der Waals surface area (Å²) in [6, 6.07) is 4.03. The van der Waals surface area contributed by atoms with Crippen molar-refractivity contribution in [2.45, 2.75) is 52.7 Å². The number of fused-ring (bicyclic) bond motifs is 1. The molecule has 1 aromatic carbocycles. The Hall–Kier alpha value is -3.53. The Morgan fingerprint density at radius 1 is 1.32 bits per heavy atom. The Kier molecular flexibility index (Phi) is 6.39. The third-order valence-electron chi connectivity index (χ3n) is 7.29. The fourth-order valence-corrected chi connectivity index (χ4v) is 4.95. The van der Waals surface area contributed by atoms with Gasteiger partial charge in [-0.2, -0.15) is 0 Å². The van der Waals surface area contributed by atoms with E-state index in [1.54, 1.807) is 17.9 Å². The lowest BCUT2D eigenvalue weighted by atomic mass is 9.87. The molecule has 37 heavy (non-hydrogen) atoms. The number of aliphatic hydroxyl groups is 1. The molecule has 2 amide bonds. The van der Waals surface area contributed by atoms with Gasteiger partial charge in [-0.1, -0.05) is 13.8 Å². The number of aromatic amines is 1. The van der Waals surface area contributed by atoms with Crippen LogP contribution >= 0.6 is 0 Å². The molecule has 10 heteroatoms. The SMILES string of the molecule is Cc1[nH]c2c(-c3cc(F)ccc3OCC3CC3)ncnc2c1C(=O)NC1CN(C(=O)[C@H](C)O)CC1(C)C. The van der Waals surface area contributed by atoms with Gasteiger partial charge in [0.1, 0.15) is 35.2 Å². The monoisotopic (exact) mass is 509 g/mol. The number of amides is 2. The van der Waals surface area contributed by atoms with Crippen molar-refractivity contribution >= 4 is 22.8 Å². The van der Waals surface area contributed by atoms with E-state index < -0.39 is 17.3 Å². The minimum absolute atomic E-state index is 0.301. The van der Waals surface area contributed by atoms with Crippen molar-refractivity contribution < 1.29 is 23.8 Å². The highest BCUT2D eigenvalue weighted by molar-refractivity contribution is 6.09. The molecular weight excluding hydrogens is 477 g/mol. The van der Waals surface area contributed by atoms with E-state index >= 15 is 0 Å². The van der Waals surface area contributed by atoms with Gasteiger partial charge in [-0.15, -0.1) is 0 Å². The fraction of sp³-hybridized carbons (Fsp3) is 0.481. The molecule has 3 aromatic rings. The number of carbonyl (C=O) groups excluding carboxylic acids is 2. The predicted molar refractivity (Wildman–Crippen MR) is 136 cm³/mol. The van der Waals surface area contributed by atoms with Gasteiger partial charge >= 0.3 is 0 Å². The van der Waals surface area contributed by atoms with Crippen LogP contribution in [0.5, 0.6) is 5.75 Å². The number of aromatic nitrogens is 3. The van der Waals surface area contributed by atoms with E-state index in [0.717, 1.165) is 12.8 Å². The van der Waals surface area contributed by atoms with Gasteiger partial charge in [-0.25, -0.2) is 14.4 Å². The van der Waals surface area contributed by atoms with E-state index in [0.29, 0.717) is 64.9 Å². The molecule has 1 saturated heterocycles. The lowest BCUT2D eigenvalue weighted by molar-refractivity contribution is -0.138. The molecule has 0 spiro atoms. The molecule has 2 fully saturated rings. The van der Waals surface area contributed by atoms with Crippen molar-refractivity contribution in [2.75, 3.05) is 19.7 Å². The first-order valence-corrected chi connectivity index (χ1v) is 12.6. The van der Waals surface area contributed by atoms with Crippen molar-refractivity contribution in [3.05, 3.63) is 41.6 Å². The number of aliphatic hydroxyl groups excluding tert-OH is 1. The van der Waals surface area contributed by atoms with E-state index in [-0.39, 0.29) is 17.9 Å². The topological polar surface area (TPSA) is 120 Å². The Morgan fingerprint density at radius 2 is 2.08 bits per heavy atom. The summed E-state index contributed by atoms with van der Waals surface area (Å²) < 4.78 is 20.3. The highest BCUT2D eigenvalue weighted by Gasteiger charge is 2.43. The average Bonchev–Trinajstić information content (AvgIpc) is 3.54. The lowest BCUT2D eigenvalue weighted by Crippen LogP contribution is -2.44. The smallest absolute Gasteiger partial charge is 0.255 e. The average molecular weight is 510 g/mol. The van der Waals surface area contributed by atoms with Crippen LogP contribution in [-0.2, 0) is 4.79 Å². The molecule has 1 aliphatic heterocycles. The first kappa shape index (κ1) is 25.1. The number of aryl methyl sites for hydroxylation is 1. The van der Waals surface area contributed by atoms with Gasteiger partial charge in [0.2, 0.25) is 0 Å². The quantitative estimate of drug-likeness (QED) is 0.450. The number of benzene rings is 1. The number of ether oxygens (including phenoxy) is 1. The van der Waals surface area contributed by atoms with Crippen LogP contribution in [0.4, 0.5) is 4.39 Å². The first-order valence-electron chi connectivity index (χ1n) is 12.6. The number of rotatable bonds is 7. The zero-order valence-electron chi connectivity index (χ0n) is 21.5. The number of carbonyl (C=O) groups is 2. The summed E-state index contributed by atoms with van der Waals surface area (Å²) >= 11 is 0. The van der Waals surface area contributed by atoms with Gasteiger partial charge in [-0.05, 0) is 50.8 Å². The first-order chi connectivity index (χ1) is 17.5. The largest absolute Gasteiger partial charge is 0.493 e. The van der Waals surface area contributed by atoms with Crippen molar-refractivity contribution in [3.63, 3.8) is 0 Å². The van der Waals surface area contributed by atoms with Gasteiger partial charge < -0.3 is 25.0 Å². The van der Waals surface area contributed by atoms with E-state index in [4.69, 9.17) is 4.74 Å². The molecule has 1 aliphatic carbocycles. The van der Waals surface area contributed by atoms with E-state index in [1.165, 1.54) is 25.4 Å². The number of hydrogen-bond donors (Lipinski definition) is 3. The fourth-order valence-electron chi connectivity index (χ4n) is 4.95. The molecule has 3 N–H and O–H groups in total. The second-order valence-corrected chi connectivity index (χ2v) is 10.9. The standard InChI is InChI=1S/C27H32FN5O4/c1-14-21(25(35)32-20-10-33(12-27(20,3)4)26(36)15(2)34)23-24(31-14)22(29-13-30-23)18-9-17(28)7-8-19(18)37-11-16-5-6-16/h7-9,13,15-16,20,31,34H,5-6,10-12H2,1-4H3,(H,32,35)/t15-,20?/m0/s1. The Balaban J connectivity index is 1.46. The lowest BCUT2D eigenvalue weighted by Gasteiger charge is -2.26. The number of nitrogens with one attached hydrogen (secondary N) is 2. The minimum Gasteiger partial charge on any atom is -0.493 e. The third-order valence-corrected chi connectivity index (χ3v) is 7.29. The summed E-state index contributed by atoms with van der Waals surface area (Å²) in [5.41, 5.74) is 2.45. The van der Waals surface area contributed by atoms with Crippen LogP contribution in [0.25, 0.3) is 22.3 Å². The molecule has 1 unspecified atom stereocenters. The maximum absolute atomic E-state index is 14.3. The van der Waals surface area contributed by atoms with E-state index in [1.807, 2.05) is 13.8 Å². The van der Waals surface area contributed by atoms with E-state index in [2.05, 4.69) is 20.3 Å². The highest BCUT2D eigenvalue weighted by Crippen LogP contribution is 2.37. The maximum atomic E-state index is 14.3. The van der Waals surface area contributed by atoms with Crippen molar-refractivity contribution in [1.29, 1.82) is 0 Å². The number of likely N-dealkylation sites (tertiary alicyclic amines) is 1. The summed E-state index contributed by atoms with van der Waals surface area (Å²) in [5, 5.41) is 12.8. The van der Waals surface area contributed by atoms with Gasteiger partial charge in [-0.3, -0.25) is 9.59 Å². The number of H-pyrrole nitrogens is 1. The second kappa shape index (κ2) is 9.41. The van der Waals surface area contributed by atoms with Crippen LogP contribution in [0.3, 0.4) is 0 Å². The Labute approximate surface area is 214 Å². The van der Waals surface area contributed by atoms with Crippen LogP contribution < -0.4 is 10.1 Å². The summed E-state index contributed by atoms with van der Waals surface area (Å²) in [4.78, 5) is 39.5. The zero-order valence-corrected chi connectivity index (χ0v) is 21.5. The molecule has 0 bridgehead atoms. The molecule has 0 radical (unpaired) electrons.